The van der Waals surface area contributed by atoms with E-state index in [1.54, 1.807) is 11.8 Å². The number of furan rings is 1. The fraction of sp³-hybridized carbons (Fsp3) is 0.0256. The minimum atomic E-state index is 0.783. The molecule has 0 unspecified atom stereocenters. The van der Waals surface area contributed by atoms with E-state index in [2.05, 4.69) is 108 Å². The summed E-state index contributed by atoms with van der Waals surface area (Å²) in [6.45, 7) is 0. The highest BCUT2D eigenvalue weighted by atomic mass is 32.2. The van der Waals surface area contributed by atoms with Gasteiger partial charge in [-0.1, -0.05) is 78.9 Å². The number of rotatable bonds is 4. The molecule has 2 heterocycles. The molecule has 2 aromatic heterocycles. The van der Waals surface area contributed by atoms with Gasteiger partial charge in [0.05, 0.1) is 11.0 Å². The molecule has 0 saturated heterocycles. The van der Waals surface area contributed by atoms with Crippen LogP contribution in [0.25, 0.3) is 71.0 Å². The Kier molecular flexibility index (Phi) is 5.34. The minimum absolute atomic E-state index is 0.783. The van der Waals surface area contributed by atoms with Crippen molar-refractivity contribution in [3.05, 3.63) is 139 Å². The number of nitrogens with zero attached hydrogens (tertiary/aromatic N) is 1. The molecule has 0 bridgehead atoms. The number of para-hydroxylation sites is 1. The van der Waals surface area contributed by atoms with Gasteiger partial charge in [0.1, 0.15) is 11.2 Å². The second-order valence-electron chi connectivity index (χ2n) is 11.2. The third-order valence-corrected chi connectivity index (χ3v) is 9.81. The van der Waals surface area contributed by atoms with Crippen molar-refractivity contribution < 1.29 is 4.42 Å². The van der Waals surface area contributed by atoms with Crippen molar-refractivity contribution in [2.75, 3.05) is 5.73 Å². The summed E-state index contributed by atoms with van der Waals surface area (Å²) in [6.07, 6.45) is 0. The molecule has 2 N–H and O–H groups in total. The zero-order valence-electron chi connectivity index (χ0n) is 23.2. The summed E-state index contributed by atoms with van der Waals surface area (Å²) in [6, 6.07) is 47.7. The Bertz CT molecular complexity index is 2430. The van der Waals surface area contributed by atoms with Crippen LogP contribution >= 0.6 is 11.8 Å². The van der Waals surface area contributed by atoms with Crippen LogP contribution in [0.2, 0.25) is 0 Å². The summed E-state index contributed by atoms with van der Waals surface area (Å²) in [5, 5.41) is 9.76. The van der Waals surface area contributed by atoms with E-state index < -0.39 is 0 Å². The summed E-state index contributed by atoms with van der Waals surface area (Å²) in [5.74, 6) is 0.811. The number of nitrogen functional groups attached to an aromatic ring is 1. The highest BCUT2D eigenvalue weighted by molar-refractivity contribution is 7.99. The molecule has 7 aromatic carbocycles. The van der Waals surface area contributed by atoms with E-state index in [1.807, 2.05) is 30.3 Å². The second-order valence-corrected chi connectivity index (χ2v) is 12.2. The number of hydrogen-bond donors (Lipinski definition) is 1. The first-order valence-electron chi connectivity index (χ1n) is 14.5. The molecule has 204 valence electrons. The zero-order chi connectivity index (χ0) is 28.5. The van der Waals surface area contributed by atoms with Gasteiger partial charge < -0.3 is 14.7 Å². The van der Waals surface area contributed by atoms with Crippen LogP contribution in [0, 0.1) is 0 Å². The maximum atomic E-state index is 6.51. The first kappa shape index (κ1) is 24.4. The molecule has 3 nitrogen and oxygen atoms in total. The standard InChI is InChI=1S/C39H26N2OS/c40-33-17-18-37-38(30-11-5-6-12-36(30)42-37)39(33)43-23-24-13-15-29(16-14-24)41-34-21-27-9-3-1-7-25(27)19-31(34)32-20-26-8-2-4-10-28(26)22-35(32)41/h1-22H,23,40H2. The van der Waals surface area contributed by atoms with Crippen LogP contribution in [0.1, 0.15) is 5.56 Å². The van der Waals surface area contributed by atoms with E-state index in [9.17, 15) is 0 Å². The second kappa shape index (κ2) is 9.41. The Morgan fingerprint density at radius 2 is 1.14 bits per heavy atom. The normalized spacial score (nSPS) is 12.0. The average Bonchev–Trinajstić information content (AvgIpc) is 3.57. The molecule has 0 aliphatic heterocycles. The van der Waals surface area contributed by atoms with Crippen molar-refractivity contribution in [1.82, 2.24) is 4.57 Å². The van der Waals surface area contributed by atoms with Crippen molar-refractivity contribution in [1.29, 1.82) is 0 Å². The highest BCUT2D eigenvalue weighted by Gasteiger charge is 2.16. The molecule has 0 aliphatic rings. The number of thioether (sulfide) groups is 1. The molecule has 9 aromatic rings. The van der Waals surface area contributed by atoms with Crippen molar-refractivity contribution >= 4 is 82.7 Å². The SMILES string of the molecule is Nc1ccc2oc3ccccc3c2c1SCc1ccc(-n2c3cc4ccccc4cc3c3cc4ccccc4cc32)cc1. The van der Waals surface area contributed by atoms with Crippen LogP contribution < -0.4 is 5.73 Å². The first-order valence-corrected chi connectivity index (χ1v) is 15.5. The Labute approximate surface area is 252 Å². The third kappa shape index (κ3) is 3.84. The van der Waals surface area contributed by atoms with E-state index in [0.29, 0.717) is 0 Å². The quantitative estimate of drug-likeness (QED) is 0.169. The molecule has 0 fully saturated rings. The van der Waals surface area contributed by atoms with Gasteiger partial charge in [0.2, 0.25) is 0 Å². The molecular weight excluding hydrogens is 545 g/mol. The predicted octanol–water partition coefficient (Wildman–Crippen LogP) is 10.9. The molecule has 9 rings (SSSR count). The number of fused-ring (bicyclic) bond motifs is 8. The zero-order valence-corrected chi connectivity index (χ0v) is 24.1. The van der Waals surface area contributed by atoms with E-state index in [-0.39, 0.29) is 0 Å². The van der Waals surface area contributed by atoms with Gasteiger partial charge >= 0.3 is 0 Å². The maximum Gasteiger partial charge on any atom is 0.136 e. The molecular formula is C39H26N2OS. The van der Waals surface area contributed by atoms with Gasteiger partial charge in [-0.3, -0.25) is 0 Å². The van der Waals surface area contributed by atoms with E-state index in [1.165, 1.54) is 48.9 Å². The van der Waals surface area contributed by atoms with Crippen molar-refractivity contribution in [2.24, 2.45) is 0 Å². The predicted molar refractivity (Wildman–Crippen MR) is 183 cm³/mol. The number of anilines is 1. The van der Waals surface area contributed by atoms with E-state index >= 15 is 0 Å². The number of hydrogen-bond acceptors (Lipinski definition) is 3. The molecule has 0 radical (unpaired) electrons. The summed E-state index contributed by atoms with van der Waals surface area (Å²) in [4.78, 5) is 1.08. The summed E-state index contributed by atoms with van der Waals surface area (Å²) < 4.78 is 8.52. The Morgan fingerprint density at radius 1 is 0.558 bits per heavy atom. The fourth-order valence-corrected chi connectivity index (χ4v) is 7.61. The Balaban J connectivity index is 1.15. The average molecular weight is 571 g/mol. The van der Waals surface area contributed by atoms with E-state index in [4.69, 9.17) is 10.2 Å². The smallest absolute Gasteiger partial charge is 0.136 e. The van der Waals surface area contributed by atoms with Crippen LogP contribution in [0.5, 0.6) is 0 Å². The summed E-state index contributed by atoms with van der Waals surface area (Å²) >= 11 is 1.77. The van der Waals surface area contributed by atoms with Crippen molar-refractivity contribution in [3.63, 3.8) is 0 Å². The largest absolute Gasteiger partial charge is 0.456 e. The van der Waals surface area contributed by atoms with Crippen LogP contribution in [0.15, 0.2) is 143 Å². The van der Waals surface area contributed by atoms with Crippen LogP contribution in [0.3, 0.4) is 0 Å². The molecule has 0 atom stereocenters. The lowest BCUT2D eigenvalue weighted by Crippen LogP contribution is -1.95. The molecule has 0 spiro atoms. The lowest BCUT2D eigenvalue weighted by molar-refractivity contribution is 0.668. The summed E-state index contributed by atoms with van der Waals surface area (Å²) in [5.41, 5.74) is 13.9. The minimum Gasteiger partial charge on any atom is -0.456 e. The Morgan fingerprint density at radius 3 is 1.79 bits per heavy atom. The maximum absolute atomic E-state index is 6.51. The Hall–Kier alpha value is -5.19. The van der Waals surface area contributed by atoms with Gasteiger partial charge in [0.25, 0.3) is 0 Å². The lowest BCUT2D eigenvalue weighted by Gasteiger charge is -2.11. The summed E-state index contributed by atoms with van der Waals surface area (Å²) in [7, 11) is 0. The van der Waals surface area contributed by atoms with Gasteiger partial charge in [-0.05, 0) is 81.7 Å². The van der Waals surface area contributed by atoms with Crippen molar-refractivity contribution in [2.45, 2.75) is 10.6 Å². The van der Waals surface area contributed by atoms with Crippen LogP contribution in [0.4, 0.5) is 5.69 Å². The van der Waals surface area contributed by atoms with Crippen LogP contribution in [-0.4, -0.2) is 4.57 Å². The van der Waals surface area contributed by atoms with Gasteiger partial charge in [0.15, 0.2) is 0 Å². The highest BCUT2D eigenvalue weighted by Crippen LogP contribution is 2.41. The number of nitrogens with two attached hydrogens (primary N) is 1. The van der Waals surface area contributed by atoms with Crippen LogP contribution in [-0.2, 0) is 5.75 Å². The molecule has 0 aliphatic carbocycles. The molecule has 0 amide bonds. The third-order valence-electron chi connectivity index (χ3n) is 8.60. The van der Waals surface area contributed by atoms with Gasteiger partial charge in [0, 0.05) is 43.6 Å². The number of benzene rings is 7. The number of aromatic nitrogens is 1. The van der Waals surface area contributed by atoms with Crippen molar-refractivity contribution in [3.8, 4) is 5.69 Å². The van der Waals surface area contributed by atoms with Gasteiger partial charge in [-0.2, -0.15) is 0 Å². The molecule has 43 heavy (non-hydrogen) atoms. The lowest BCUT2D eigenvalue weighted by atomic mass is 10.0. The van der Waals surface area contributed by atoms with E-state index in [0.717, 1.165) is 44.0 Å². The monoisotopic (exact) mass is 570 g/mol. The van der Waals surface area contributed by atoms with Gasteiger partial charge in [-0.25, -0.2) is 0 Å². The fourth-order valence-electron chi connectivity index (χ4n) is 6.52. The topological polar surface area (TPSA) is 44.1 Å². The molecule has 0 saturated carbocycles. The van der Waals surface area contributed by atoms with Gasteiger partial charge in [-0.15, -0.1) is 11.8 Å². The molecule has 4 heteroatoms. The first-order chi connectivity index (χ1) is 21.2.